The van der Waals surface area contributed by atoms with E-state index in [-0.39, 0.29) is 40.9 Å². The van der Waals surface area contributed by atoms with E-state index in [1.54, 1.807) is 0 Å². The highest BCUT2D eigenvalue weighted by atomic mass is 35.5. The Bertz CT molecular complexity index is 1090. The number of likely N-dealkylation sites (tertiary alicyclic amines) is 1. The van der Waals surface area contributed by atoms with Gasteiger partial charge in [0.15, 0.2) is 0 Å². The zero-order valence-electron chi connectivity index (χ0n) is 18.6. The standard InChI is InChI=1S/C24H29ClFN3O3S/c1-17(18-5-3-2-4-6-18)28-12-11-20(16-28)27-24(30)19-9-13-29(14-10-19)33(31,32)21-7-8-23(26)22(25)15-21/h2-8,15,17,19-20H,9-14,16H2,1H3,(H,27,30). The molecular weight excluding hydrogens is 465 g/mol. The summed E-state index contributed by atoms with van der Waals surface area (Å²) in [5, 5.41) is 2.95. The SMILES string of the molecule is CC(c1ccccc1)N1CCC(NC(=O)C2CCN(S(=O)(=O)c3ccc(F)c(Cl)c3)CC2)C1. The molecular formula is C24H29ClFN3O3S. The molecule has 2 atom stereocenters. The number of amides is 1. The maximum absolute atomic E-state index is 13.4. The average Bonchev–Trinajstić information content (AvgIpc) is 3.29. The van der Waals surface area contributed by atoms with Crippen molar-refractivity contribution in [3.8, 4) is 0 Å². The van der Waals surface area contributed by atoms with Gasteiger partial charge in [0, 0.05) is 44.2 Å². The Balaban J connectivity index is 1.29. The van der Waals surface area contributed by atoms with Gasteiger partial charge < -0.3 is 5.32 Å². The van der Waals surface area contributed by atoms with Gasteiger partial charge >= 0.3 is 0 Å². The van der Waals surface area contributed by atoms with Crippen molar-refractivity contribution in [3.05, 3.63) is 64.9 Å². The third-order valence-electron chi connectivity index (χ3n) is 6.75. The lowest BCUT2D eigenvalue weighted by Crippen LogP contribution is -2.46. The normalized spacial score (nSPS) is 21.7. The smallest absolute Gasteiger partial charge is 0.243 e. The fraction of sp³-hybridized carbons (Fsp3) is 0.458. The van der Waals surface area contributed by atoms with E-state index in [1.807, 2.05) is 18.2 Å². The number of carbonyl (C=O) groups is 1. The fourth-order valence-electron chi connectivity index (χ4n) is 4.66. The zero-order valence-corrected chi connectivity index (χ0v) is 20.2. The maximum atomic E-state index is 13.4. The van der Waals surface area contributed by atoms with Crippen LogP contribution in [0.5, 0.6) is 0 Å². The van der Waals surface area contributed by atoms with Gasteiger partial charge in [-0.05, 0) is 49.9 Å². The van der Waals surface area contributed by atoms with Crippen LogP contribution >= 0.6 is 11.6 Å². The highest BCUT2D eigenvalue weighted by molar-refractivity contribution is 7.89. The third kappa shape index (κ3) is 5.40. The predicted octanol–water partition coefficient (Wildman–Crippen LogP) is 3.83. The van der Waals surface area contributed by atoms with Crippen LogP contribution in [0.15, 0.2) is 53.4 Å². The zero-order chi connectivity index (χ0) is 23.6. The number of benzene rings is 2. The van der Waals surface area contributed by atoms with Gasteiger partial charge in [0.05, 0.1) is 9.92 Å². The molecule has 4 rings (SSSR count). The first-order valence-electron chi connectivity index (χ1n) is 11.3. The molecule has 1 N–H and O–H groups in total. The van der Waals surface area contributed by atoms with E-state index in [9.17, 15) is 17.6 Å². The summed E-state index contributed by atoms with van der Waals surface area (Å²) in [6.45, 7) is 4.41. The molecule has 2 heterocycles. The molecule has 9 heteroatoms. The quantitative estimate of drug-likeness (QED) is 0.664. The molecule has 0 aromatic heterocycles. The number of nitrogens with one attached hydrogen (secondary N) is 1. The molecule has 2 aliphatic heterocycles. The molecule has 2 saturated heterocycles. The van der Waals surface area contributed by atoms with Crippen molar-refractivity contribution in [2.24, 2.45) is 5.92 Å². The van der Waals surface area contributed by atoms with Crippen LogP contribution in [0.1, 0.15) is 37.8 Å². The molecule has 0 bridgehead atoms. The maximum Gasteiger partial charge on any atom is 0.243 e. The number of rotatable bonds is 6. The van der Waals surface area contributed by atoms with E-state index in [0.29, 0.717) is 18.9 Å². The van der Waals surface area contributed by atoms with Crippen molar-refractivity contribution in [1.29, 1.82) is 0 Å². The van der Waals surface area contributed by atoms with E-state index >= 15 is 0 Å². The van der Waals surface area contributed by atoms with Gasteiger partial charge in [-0.3, -0.25) is 9.69 Å². The number of nitrogens with zero attached hydrogens (tertiary/aromatic N) is 2. The van der Waals surface area contributed by atoms with Gasteiger partial charge in [0.25, 0.3) is 0 Å². The van der Waals surface area contributed by atoms with Crippen LogP contribution in [0, 0.1) is 11.7 Å². The van der Waals surface area contributed by atoms with Gasteiger partial charge in [0.2, 0.25) is 15.9 Å². The second-order valence-electron chi connectivity index (χ2n) is 8.83. The molecule has 33 heavy (non-hydrogen) atoms. The Kier molecular flexibility index (Phi) is 7.38. The number of halogens is 2. The van der Waals surface area contributed by atoms with E-state index < -0.39 is 15.8 Å². The largest absolute Gasteiger partial charge is 0.352 e. The molecule has 1 amide bonds. The lowest BCUT2D eigenvalue weighted by Gasteiger charge is -2.31. The Morgan fingerprint density at radius 2 is 1.79 bits per heavy atom. The molecule has 2 fully saturated rings. The highest BCUT2D eigenvalue weighted by Gasteiger charge is 2.34. The topological polar surface area (TPSA) is 69.7 Å². The molecule has 2 aliphatic rings. The van der Waals surface area contributed by atoms with Gasteiger partial charge in [-0.25, -0.2) is 12.8 Å². The van der Waals surface area contributed by atoms with Crippen LogP contribution in [-0.2, 0) is 14.8 Å². The van der Waals surface area contributed by atoms with E-state index in [4.69, 9.17) is 11.6 Å². The van der Waals surface area contributed by atoms with Gasteiger partial charge in [-0.15, -0.1) is 0 Å². The summed E-state index contributed by atoms with van der Waals surface area (Å²) >= 11 is 5.75. The van der Waals surface area contributed by atoms with Crippen LogP contribution in [0.25, 0.3) is 0 Å². The molecule has 2 aromatic carbocycles. The number of hydrogen-bond acceptors (Lipinski definition) is 4. The minimum atomic E-state index is -3.77. The van der Waals surface area contributed by atoms with Crippen LogP contribution in [0.2, 0.25) is 5.02 Å². The summed E-state index contributed by atoms with van der Waals surface area (Å²) in [7, 11) is -3.77. The lowest BCUT2D eigenvalue weighted by molar-refractivity contribution is -0.126. The third-order valence-corrected chi connectivity index (χ3v) is 8.93. The Hall–Kier alpha value is -2.00. The van der Waals surface area contributed by atoms with Crippen LogP contribution < -0.4 is 5.32 Å². The summed E-state index contributed by atoms with van der Waals surface area (Å²) in [4.78, 5) is 15.2. The number of carbonyl (C=O) groups excluding carboxylic acids is 1. The van der Waals surface area contributed by atoms with E-state index in [0.717, 1.165) is 31.6 Å². The molecule has 6 nitrogen and oxygen atoms in total. The molecule has 2 aromatic rings. The van der Waals surface area contributed by atoms with E-state index in [1.165, 1.54) is 15.9 Å². The monoisotopic (exact) mass is 493 g/mol. The first-order chi connectivity index (χ1) is 15.8. The summed E-state index contributed by atoms with van der Waals surface area (Å²) in [5.41, 5.74) is 1.26. The Morgan fingerprint density at radius 3 is 2.45 bits per heavy atom. The van der Waals surface area contributed by atoms with Gasteiger partial charge in [0.1, 0.15) is 5.82 Å². The van der Waals surface area contributed by atoms with Crippen LogP contribution in [0.4, 0.5) is 4.39 Å². The summed E-state index contributed by atoms with van der Waals surface area (Å²) in [5.74, 6) is -0.875. The second kappa shape index (κ2) is 10.1. The highest BCUT2D eigenvalue weighted by Crippen LogP contribution is 2.28. The second-order valence-corrected chi connectivity index (χ2v) is 11.2. The molecule has 0 saturated carbocycles. The first kappa shape index (κ1) is 24.1. The Labute approximate surface area is 199 Å². The molecule has 0 spiro atoms. The Morgan fingerprint density at radius 1 is 1.09 bits per heavy atom. The fourth-order valence-corrected chi connectivity index (χ4v) is 6.40. The molecule has 0 radical (unpaired) electrons. The van der Waals surface area contributed by atoms with Gasteiger partial charge in [-0.1, -0.05) is 41.9 Å². The minimum Gasteiger partial charge on any atom is -0.352 e. The summed E-state index contributed by atoms with van der Waals surface area (Å²) < 4.78 is 40.5. The van der Waals surface area contributed by atoms with Crippen molar-refractivity contribution < 1.29 is 17.6 Å². The van der Waals surface area contributed by atoms with Crippen molar-refractivity contribution in [2.45, 2.75) is 43.2 Å². The van der Waals surface area contributed by atoms with E-state index in [2.05, 4.69) is 29.3 Å². The van der Waals surface area contributed by atoms with Crippen LogP contribution in [-0.4, -0.2) is 55.8 Å². The van der Waals surface area contributed by atoms with Crippen LogP contribution in [0.3, 0.4) is 0 Å². The first-order valence-corrected chi connectivity index (χ1v) is 13.1. The lowest BCUT2D eigenvalue weighted by atomic mass is 9.97. The summed E-state index contributed by atoms with van der Waals surface area (Å²) in [6, 6.07) is 14.1. The number of piperidine rings is 1. The molecule has 2 unspecified atom stereocenters. The minimum absolute atomic E-state index is 0.00362. The van der Waals surface area contributed by atoms with Crippen molar-refractivity contribution >= 4 is 27.5 Å². The predicted molar refractivity (Wildman–Crippen MR) is 126 cm³/mol. The number of hydrogen-bond donors (Lipinski definition) is 1. The van der Waals surface area contributed by atoms with Crippen molar-refractivity contribution in [3.63, 3.8) is 0 Å². The van der Waals surface area contributed by atoms with Gasteiger partial charge in [-0.2, -0.15) is 4.31 Å². The summed E-state index contributed by atoms with van der Waals surface area (Å²) in [6.07, 6.45) is 1.81. The number of sulfonamides is 1. The van der Waals surface area contributed by atoms with Crippen molar-refractivity contribution in [1.82, 2.24) is 14.5 Å². The molecule has 178 valence electrons. The van der Waals surface area contributed by atoms with Crippen molar-refractivity contribution in [2.75, 3.05) is 26.2 Å². The molecule has 0 aliphatic carbocycles. The average molecular weight is 494 g/mol.